The molecule has 158 valence electrons. The Balaban J connectivity index is 1.46. The highest BCUT2D eigenvalue weighted by Gasteiger charge is 2.32. The number of likely N-dealkylation sites (N-methyl/N-ethyl adjacent to an activating group) is 1. The lowest BCUT2D eigenvalue weighted by Crippen LogP contribution is -2.32. The smallest absolute Gasteiger partial charge is 0.341 e. The number of urea groups is 1. The molecule has 1 saturated heterocycles. The zero-order valence-electron chi connectivity index (χ0n) is 17.0. The van der Waals surface area contributed by atoms with Crippen molar-refractivity contribution in [2.75, 3.05) is 49.1 Å². The van der Waals surface area contributed by atoms with Crippen LogP contribution < -0.4 is 14.5 Å². The highest BCUT2D eigenvalue weighted by Crippen LogP contribution is 2.26. The van der Waals surface area contributed by atoms with Crippen LogP contribution in [0.15, 0.2) is 30.5 Å². The standard InChI is InChI=1S/C21H25N5O4/c1-2-24-9-7-17-18(8-10-24)23-19(13-22-17)26-12-11-25(21(26)29)15-3-5-16(6-4-15)30-14-20(27)28/h3-6,13H,2,7-12,14H2,1H3,(H,27,28). The van der Waals surface area contributed by atoms with Crippen LogP contribution in [0.1, 0.15) is 18.3 Å². The Morgan fingerprint density at radius 2 is 1.77 bits per heavy atom. The normalized spacial score (nSPS) is 17.0. The minimum atomic E-state index is -1.03. The number of carbonyl (C=O) groups is 2. The van der Waals surface area contributed by atoms with E-state index in [0.29, 0.717) is 24.7 Å². The van der Waals surface area contributed by atoms with Gasteiger partial charge in [-0.3, -0.25) is 14.8 Å². The summed E-state index contributed by atoms with van der Waals surface area (Å²) in [6.07, 6.45) is 3.42. The fourth-order valence-corrected chi connectivity index (χ4v) is 3.79. The van der Waals surface area contributed by atoms with Gasteiger partial charge in [-0.15, -0.1) is 0 Å². The van der Waals surface area contributed by atoms with Crippen molar-refractivity contribution in [3.8, 4) is 5.75 Å². The van der Waals surface area contributed by atoms with Gasteiger partial charge < -0.3 is 14.7 Å². The van der Waals surface area contributed by atoms with Gasteiger partial charge in [0.15, 0.2) is 12.4 Å². The first-order valence-electron chi connectivity index (χ1n) is 10.2. The van der Waals surface area contributed by atoms with Crippen molar-refractivity contribution in [2.45, 2.75) is 19.8 Å². The third-order valence-electron chi connectivity index (χ3n) is 5.49. The molecular weight excluding hydrogens is 386 g/mol. The number of hydrogen-bond donors (Lipinski definition) is 1. The summed E-state index contributed by atoms with van der Waals surface area (Å²) in [5.74, 6) is 0.00343. The average Bonchev–Trinajstić information content (AvgIpc) is 3.01. The minimum absolute atomic E-state index is 0.146. The summed E-state index contributed by atoms with van der Waals surface area (Å²) in [6.45, 7) is 5.78. The predicted molar refractivity (Wildman–Crippen MR) is 111 cm³/mol. The van der Waals surface area contributed by atoms with Gasteiger partial charge in [0, 0.05) is 44.7 Å². The number of ether oxygens (including phenoxy) is 1. The van der Waals surface area contributed by atoms with Gasteiger partial charge in [0.2, 0.25) is 0 Å². The summed E-state index contributed by atoms with van der Waals surface area (Å²) in [4.78, 5) is 38.7. The van der Waals surface area contributed by atoms with Gasteiger partial charge in [0.05, 0.1) is 17.6 Å². The SMILES string of the molecule is CCN1CCc2ncc(N3CCN(c4ccc(OCC(=O)O)cc4)C3=O)nc2CC1. The fourth-order valence-electron chi connectivity index (χ4n) is 3.79. The summed E-state index contributed by atoms with van der Waals surface area (Å²) >= 11 is 0. The number of carboxylic acids is 1. The van der Waals surface area contributed by atoms with Crippen molar-refractivity contribution in [3.63, 3.8) is 0 Å². The lowest BCUT2D eigenvalue weighted by Gasteiger charge is -2.19. The number of carboxylic acid groups (broad SMARTS) is 1. The van der Waals surface area contributed by atoms with Crippen molar-refractivity contribution in [2.24, 2.45) is 0 Å². The van der Waals surface area contributed by atoms with E-state index in [1.165, 1.54) is 0 Å². The number of anilines is 2. The third-order valence-corrected chi connectivity index (χ3v) is 5.49. The Kier molecular flexibility index (Phi) is 5.80. The van der Waals surface area contributed by atoms with E-state index in [1.54, 1.807) is 40.3 Å². The molecule has 0 unspecified atom stereocenters. The number of nitrogens with zero attached hydrogens (tertiary/aromatic N) is 5. The molecule has 0 atom stereocenters. The van der Waals surface area contributed by atoms with Crippen molar-refractivity contribution in [1.82, 2.24) is 14.9 Å². The number of rotatable bonds is 6. The van der Waals surface area contributed by atoms with Gasteiger partial charge in [0.1, 0.15) is 5.75 Å². The summed E-state index contributed by atoms with van der Waals surface area (Å²) in [7, 11) is 0. The molecule has 0 saturated carbocycles. The largest absolute Gasteiger partial charge is 0.482 e. The summed E-state index contributed by atoms with van der Waals surface area (Å²) < 4.78 is 5.15. The zero-order chi connectivity index (χ0) is 21.1. The van der Waals surface area contributed by atoms with Crippen LogP contribution in [-0.2, 0) is 17.6 Å². The Morgan fingerprint density at radius 1 is 1.07 bits per heavy atom. The lowest BCUT2D eigenvalue weighted by atomic mass is 10.2. The maximum atomic E-state index is 13.0. The van der Waals surface area contributed by atoms with E-state index >= 15 is 0 Å². The molecule has 1 N–H and O–H groups in total. The second-order valence-electron chi connectivity index (χ2n) is 7.32. The van der Waals surface area contributed by atoms with Crippen LogP contribution in [0, 0.1) is 0 Å². The first-order valence-corrected chi connectivity index (χ1v) is 10.2. The molecular formula is C21H25N5O4. The van der Waals surface area contributed by atoms with E-state index in [9.17, 15) is 9.59 Å². The van der Waals surface area contributed by atoms with Gasteiger partial charge in [-0.2, -0.15) is 0 Å². The van der Waals surface area contributed by atoms with Gasteiger partial charge in [0.25, 0.3) is 0 Å². The zero-order valence-corrected chi connectivity index (χ0v) is 17.0. The topological polar surface area (TPSA) is 99.1 Å². The van der Waals surface area contributed by atoms with Gasteiger partial charge in [-0.1, -0.05) is 6.92 Å². The van der Waals surface area contributed by atoms with Crippen LogP contribution in [0.4, 0.5) is 16.3 Å². The Morgan fingerprint density at radius 3 is 2.47 bits per heavy atom. The summed E-state index contributed by atoms with van der Waals surface area (Å²) in [6, 6.07) is 6.68. The number of carbonyl (C=O) groups excluding carboxylic acids is 1. The van der Waals surface area contributed by atoms with Crippen molar-refractivity contribution in [3.05, 3.63) is 41.9 Å². The van der Waals surface area contributed by atoms with E-state index in [1.807, 2.05) is 0 Å². The van der Waals surface area contributed by atoms with Crippen molar-refractivity contribution in [1.29, 1.82) is 0 Å². The number of aliphatic carboxylic acids is 1. The quantitative estimate of drug-likeness (QED) is 0.774. The Bertz CT molecular complexity index is 933. The monoisotopic (exact) mass is 411 g/mol. The fraction of sp³-hybridized carbons (Fsp3) is 0.429. The third kappa shape index (κ3) is 4.20. The number of fused-ring (bicyclic) bond motifs is 1. The molecule has 1 aromatic carbocycles. The second kappa shape index (κ2) is 8.66. The molecule has 9 nitrogen and oxygen atoms in total. The van der Waals surface area contributed by atoms with Crippen LogP contribution in [0.5, 0.6) is 5.75 Å². The number of hydrogen-bond acceptors (Lipinski definition) is 6. The molecule has 0 spiro atoms. The highest BCUT2D eigenvalue weighted by molar-refractivity contribution is 6.05. The molecule has 1 fully saturated rings. The molecule has 4 rings (SSSR count). The molecule has 2 aliphatic rings. The molecule has 0 bridgehead atoms. The minimum Gasteiger partial charge on any atom is -0.482 e. The van der Waals surface area contributed by atoms with Crippen molar-refractivity contribution >= 4 is 23.5 Å². The maximum Gasteiger partial charge on any atom is 0.341 e. The molecule has 9 heteroatoms. The molecule has 30 heavy (non-hydrogen) atoms. The summed E-state index contributed by atoms with van der Waals surface area (Å²) in [5, 5.41) is 8.69. The average molecular weight is 411 g/mol. The molecule has 2 aliphatic heterocycles. The predicted octanol–water partition coefficient (Wildman–Crippen LogP) is 1.81. The summed E-state index contributed by atoms with van der Waals surface area (Å²) in [5.41, 5.74) is 2.73. The molecule has 2 aromatic rings. The van der Waals surface area contributed by atoms with E-state index < -0.39 is 12.6 Å². The van der Waals surface area contributed by atoms with Gasteiger partial charge >= 0.3 is 12.0 Å². The van der Waals surface area contributed by atoms with E-state index in [4.69, 9.17) is 14.8 Å². The van der Waals surface area contributed by atoms with Gasteiger partial charge in [-0.25, -0.2) is 14.6 Å². The van der Waals surface area contributed by atoms with Crippen LogP contribution in [0.2, 0.25) is 0 Å². The van der Waals surface area contributed by atoms with Crippen molar-refractivity contribution < 1.29 is 19.4 Å². The van der Waals surface area contributed by atoms with E-state index in [-0.39, 0.29) is 6.03 Å². The second-order valence-corrected chi connectivity index (χ2v) is 7.32. The number of benzene rings is 1. The van der Waals surface area contributed by atoms with Crippen LogP contribution in [0.3, 0.4) is 0 Å². The van der Waals surface area contributed by atoms with Crippen LogP contribution in [0.25, 0.3) is 0 Å². The number of aromatic nitrogens is 2. The highest BCUT2D eigenvalue weighted by atomic mass is 16.5. The lowest BCUT2D eigenvalue weighted by molar-refractivity contribution is -0.139. The first kappa shape index (κ1) is 20.1. The van der Waals surface area contributed by atoms with E-state index in [2.05, 4.69) is 16.8 Å². The molecule has 3 heterocycles. The van der Waals surface area contributed by atoms with E-state index in [0.717, 1.165) is 49.6 Å². The molecule has 0 aliphatic carbocycles. The first-order chi connectivity index (χ1) is 14.5. The van der Waals surface area contributed by atoms with Gasteiger partial charge in [-0.05, 0) is 30.8 Å². The molecule has 2 amide bonds. The van der Waals surface area contributed by atoms with Crippen LogP contribution in [-0.4, -0.2) is 71.3 Å². The van der Waals surface area contributed by atoms with Crippen LogP contribution >= 0.6 is 0 Å². The Labute approximate surface area is 174 Å². The Hall–Kier alpha value is -3.20. The number of amides is 2. The molecule has 1 aromatic heterocycles. The maximum absolute atomic E-state index is 13.0. The molecule has 0 radical (unpaired) electrons.